The molecule has 7 aromatic rings. The third-order valence-corrected chi connectivity index (χ3v) is 15.5. The van der Waals surface area contributed by atoms with Crippen LogP contribution in [0.1, 0.15) is 87.5 Å². The van der Waals surface area contributed by atoms with Gasteiger partial charge in [0.1, 0.15) is 0 Å². The van der Waals surface area contributed by atoms with Crippen molar-refractivity contribution in [3.63, 3.8) is 0 Å². The first-order valence-corrected chi connectivity index (χ1v) is 22.7. The number of nitrogens with zero attached hydrogens (tertiary/aromatic N) is 1. The highest BCUT2D eigenvalue weighted by molar-refractivity contribution is 6.05. The van der Waals surface area contributed by atoms with Crippen molar-refractivity contribution in [2.24, 2.45) is 17.8 Å². The summed E-state index contributed by atoms with van der Waals surface area (Å²) in [6, 6.07) is 60.0. The van der Waals surface area contributed by atoms with Crippen LogP contribution >= 0.6 is 0 Å². The van der Waals surface area contributed by atoms with Crippen LogP contribution in [0.2, 0.25) is 0 Å². The third-order valence-electron chi connectivity index (χ3n) is 15.5. The first kappa shape index (κ1) is 36.0. The van der Waals surface area contributed by atoms with Gasteiger partial charge in [-0.05, 0) is 165 Å². The zero-order valence-electron chi connectivity index (χ0n) is 35.0. The van der Waals surface area contributed by atoms with Crippen LogP contribution in [0.25, 0.3) is 49.7 Å². The average molecular weight is 776 g/mol. The molecule has 4 bridgehead atoms. The molecule has 0 heterocycles. The minimum atomic E-state index is -0.0831. The molecule has 0 aliphatic heterocycles. The van der Waals surface area contributed by atoms with E-state index in [0.717, 1.165) is 30.6 Å². The highest BCUT2D eigenvalue weighted by Gasteiger charge is 2.51. The van der Waals surface area contributed by atoms with Gasteiger partial charge in [0.2, 0.25) is 0 Å². The smallest absolute Gasteiger partial charge is 0.0497 e. The van der Waals surface area contributed by atoms with Crippen LogP contribution < -0.4 is 4.90 Å². The van der Waals surface area contributed by atoms with E-state index in [1.54, 1.807) is 5.56 Å². The molecule has 4 fully saturated rings. The van der Waals surface area contributed by atoms with Gasteiger partial charge in [-0.3, -0.25) is 0 Å². The summed E-state index contributed by atoms with van der Waals surface area (Å²) < 4.78 is 0. The van der Waals surface area contributed by atoms with Gasteiger partial charge in [-0.15, -0.1) is 0 Å². The topological polar surface area (TPSA) is 3.24 Å². The summed E-state index contributed by atoms with van der Waals surface area (Å²) in [5, 5.41) is 2.62. The van der Waals surface area contributed by atoms with Gasteiger partial charge in [-0.25, -0.2) is 0 Å². The Bertz CT molecular complexity index is 2820. The van der Waals surface area contributed by atoms with E-state index in [4.69, 9.17) is 0 Å². The zero-order valence-corrected chi connectivity index (χ0v) is 35.0. The quantitative estimate of drug-likeness (QED) is 0.156. The van der Waals surface area contributed by atoms with E-state index in [2.05, 4.69) is 189 Å². The fourth-order valence-electron chi connectivity index (χ4n) is 13.1. The minimum absolute atomic E-state index is 0.0831. The molecule has 0 atom stereocenters. The van der Waals surface area contributed by atoms with Gasteiger partial charge in [0.05, 0.1) is 0 Å². The van der Waals surface area contributed by atoms with Crippen LogP contribution in [-0.4, -0.2) is 0 Å². The minimum Gasteiger partial charge on any atom is -0.310 e. The van der Waals surface area contributed by atoms with Crippen LogP contribution in [-0.2, 0) is 10.8 Å². The van der Waals surface area contributed by atoms with Crippen LogP contribution in [0.15, 0.2) is 176 Å². The predicted octanol–water partition coefficient (Wildman–Crippen LogP) is 15.8. The summed E-state index contributed by atoms with van der Waals surface area (Å²) in [6.07, 6.45) is 15.7. The molecule has 0 amide bonds. The van der Waals surface area contributed by atoms with Crippen LogP contribution in [0, 0.1) is 17.8 Å². The number of hydrogen-bond acceptors (Lipinski definition) is 1. The van der Waals surface area contributed by atoms with Crippen LogP contribution in [0.4, 0.5) is 11.4 Å². The number of benzene rings is 7. The van der Waals surface area contributed by atoms with Gasteiger partial charge >= 0.3 is 0 Å². The highest BCUT2D eigenvalue weighted by Crippen LogP contribution is 2.61. The van der Waals surface area contributed by atoms with Gasteiger partial charge in [-0.2, -0.15) is 0 Å². The van der Waals surface area contributed by atoms with Crippen LogP contribution in [0.5, 0.6) is 0 Å². The van der Waals surface area contributed by atoms with Crippen LogP contribution in [0.3, 0.4) is 0 Å². The maximum Gasteiger partial charge on any atom is 0.0497 e. The summed E-state index contributed by atoms with van der Waals surface area (Å²) in [6.45, 7) is 4.76. The Kier molecular flexibility index (Phi) is 8.28. The Morgan fingerprint density at radius 3 is 1.65 bits per heavy atom. The molecule has 6 aliphatic carbocycles. The van der Waals surface area contributed by atoms with E-state index in [1.807, 2.05) is 0 Å². The molecule has 7 aromatic carbocycles. The molecule has 60 heavy (non-hydrogen) atoms. The van der Waals surface area contributed by atoms with Gasteiger partial charge in [-0.1, -0.05) is 159 Å². The molecule has 0 radical (unpaired) electrons. The molecular weight excluding hydrogens is 723 g/mol. The second-order valence-corrected chi connectivity index (χ2v) is 19.4. The second-order valence-electron chi connectivity index (χ2n) is 19.4. The van der Waals surface area contributed by atoms with Gasteiger partial charge in [0.15, 0.2) is 0 Å². The second kappa shape index (κ2) is 13.8. The number of hydrogen-bond donors (Lipinski definition) is 0. The lowest BCUT2D eigenvalue weighted by Gasteiger charge is -2.57. The monoisotopic (exact) mass is 775 g/mol. The van der Waals surface area contributed by atoms with E-state index in [0.29, 0.717) is 5.41 Å². The van der Waals surface area contributed by atoms with Gasteiger partial charge in [0, 0.05) is 28.1 Å². The number of allylic oxidation sites excluding steroid dienone is 3. The summed E-state index contributed by atoms with van der Waals surface area (Å²) in [7, 11) is 0. The fourth-order valence-corrected chi connectivity index (χ4v) is 13.1. The Morgan fingerprint density at radius 2 is 0.983 bits per heavy atom. The lowest BCUT2D eigenvalue weighted by atomic mass is 9.48. The predicted molar refractivity (Wildman–Crippen MR) is 253 cm³/mol. The zero-order chi connectivity index (χ0) is 40.0. The first-order chi connectivity index (χ1) is 29.4. The Hall–Kier alpha value is -5.92. The van der Waals surface area contributed by atoms with E-state index >= 15 is 0 Å². The standard InChI is InChI=1S/C59H53N/c1-58(2)55-18-10-8-17-53(55)54-29-28-47(35-56(54)58)60(57-19-11-9-14-50(57)42-12-4-3-5-13-42)46-26-22-44(23-27-46)49-31-30-48(51-15-6-7-16-52(49)51)43-20-24-45(25-21-43)59-36-39-32-40(37-59)34-41(33-39)38-59/h3-8,10,12-31,35,39-41H,9,11,32-34,36-38H2,1-2H3. The number of rotatable bonds is 7. The lowest BCUT2D eigenvalue weighted by molar-refractivity contribution is -0.00518. The molecule has 1 nitrogen and oxygen atoms in total. The van der Waals surface area contributed by atoms with Crippen molar-refractivity contribution in [2.45, 2.75) is 76.0 Å². The molecule has 0 saturated heterocycles. The van der Waals surface area contributed by atoms with Crippen molar-refractivity contribution >= 4 is 27.7 Å². The van der Waals surface area contributed by atoms with E-state index in [-0.39, 0.29) is 5.41 Å². The summed E-state index contributed by atoms with van der Waals surface area (Å²) in [5.41, 5.74) is 18.8. The van der Waals surface area contributed by atoms with Crippen molar-refractivity contribution in [2.75, 3.05) is 4.90 Å². The molecule has 0 aromatic heterocycles. The van der Waals surface area contributed by atoms with Crippen molar-refractivity contribution < 1.29 is 0 Å². The Labute approximate surface area is 356 Å². The van der Waals surface area contributed by atoms with Crippen molar-refractivity contribution in [3.8, 4) is 33.4 Å². The van der Waals surface area contributed by atoms with E-state index in [1.165, 1.54) is 122 Å². The summed E-state index contributed by atoms with van der Waals surface area (Å²) >= 11 is 0. The Balaban J connectivity index is 0.913. The third kappa shape index (κ3) is 5.72. The molecule has 294 valence electrons. The largest absolute Gasteiger partial charge is 0.310 e. The maximum atomic E-state index is 2.51. The SMILES string of the molecule is CC1(C)c2ccccc2-c2ccc(N(C3=CCCC=C3c3ccccc3)c3ccc(-c4ccc(-c5ccc(C67CC8CC(CC(C8)C6)C7)cc5)c5ccccc45)cc3)cc21. The van der Waals surface area contributed by atoms with E-state index < -0.39 is 0 Å². The molecule has 1 heteroatoms. The molecule has 0 unspecified atom stereocenters. The fraction of sp³-hybridized carbons (Fsp3) is 0.254. The first-order valence-electron chi connectivity index (χ1n) is 22.7. The van der Waals surface area contributed by atoms with Crippen molar-refractivity contribution in [3.05, 3.63) is 198 Å². The van der Waals surface area contributed by atoms with Crippen molar-refractivity contribution in [1.29, 1.82) is 0 Å². The number of anilines is 2. The molecule has 6 aliphatic rings. The number of fused-ring (bicyclic) bond motifs is 4. The summed E-state index contributed by atoms with van der Waals surface area (Å²) in [5.74, 6) is 2.88. The molecule has 0 spiro atoms. The van der Waals surface area contributed by atoms with E-state index in [9.17, 15) is 0 Å². The molecular formula is C59H53N. The molecule has 4 saturated carbocycles. The molecule has 0 N–H and O–H groups in total. The Morgan fingerprint density at radius 1 is 0.450 bits per heavy atom. The van der Waals surface area contributed by atoms with Gasteiger partial charge < -0.3 is 4.90 Å². The highest BCUT2D eigenvalue weighted by atomic mass is 15.2. The maximum absolute atomic E-state index is 2.51. The average Bonchev–Trinajstić information content (AvgIpc) is 3.52. The normalized spacial score (nSPS) is 23.2. The molecule has 13 rings (SSSR count). The van der Waals surface area contributed by atoms with Crippen molar-refractivity contribution in [1.82, 2.24) is 0 Å². The summed E-state index contributed by atoms with van der Waals surface area (Å²) in [4.78, 5) is 2.51. The lowest BCUT2D eigenvalue weighted by Crippen LogP contribution is -2.48. The van der Waals surface area contributed by atoms with Gasteiger partial charge in [0.25, 0.3) is 0 Å².